The normalized spacial score (nSPS) is 23.7. The van der Waals surface area contributed by atoms with Crippen LogP contribution in [0.2, 0.25) is 0 Å². The second kappa shape index (κ2) is 6.66. The van der Waals surface area contributed by atoms with Gasteiger partial charge in [0.25, 0.3) is 0 Å². The van der Waals surface area contributed by atoms with Crippen molar-refractivity contribution in [3.63, 3.8) is 0 Å². The van der Waals surface area contributed by atoms with Gasteiger partial charge in [-0.25, -0.2) is 0 Å². The predicted octanol–water partition coefficient (Wildman–Crippen LogP) is 3.11. The van der Waals surface area contributed by atoms with Crippen LogP contribution in [0.5, 0.6) is 0 Å². The zero-order chi connectivity index (χ0) is 16.3. The van der Waals surface area contributed by atoms with E-state index in [-0.39, 0.29) is 31.6 Å². The Labute approximate surface area is 122 Å². The van der Waals surface area contributed by atoms with E-state index in [0.29, 0.717) is 12.8 Å². The number of aliphatic carboxylic acids is 1. The van der Waals surface area contributed by atoms with E-state index in [1.165, 1.54) is 0 Å². The van der Waals surface area contributed by atoms with Crippen LogP contribution in [0.3, 0.4) is 0 Å². The van der Waals surface area contributed by atoms with E-state index >= 15 is 0 Å². The average molecular weight is 309 g/mol. The SMILES string of the molecule is CC(C)(CC(=O)O)CC(=O)NC1CCCC(C(F)(F)F)C1. The molecular formula is C14H22F3NO3. The summed E-state index contributed by atoms with van der Waals surface area (Å²) in [5.74, 6) is -2.74. The molecule has 0 aromatic rings. The summed E-state index contributed by atoms with van der Waals surface area (Å²) in [6.07, 6.45) is -3.38. The number of hydrogen-bond donors (Lipinski definition) is 2. The van der Waals surface area contributed by atoms with Gasteiger partial charge in [-0.15, -0.1) is 0 Å². The standard InChI is InChI=1S/C14H22F3NO3/c1-13(2,8-12(20)21)7-11(19)18-10-5-3-4-9(6-10)14(15,16)17/h9-10H,3-8H2,1-2H3,(H,18,19)(H,20,21). The lowest BCUT2D eigenvalue weighted by molar-refractivity contribution is -0.184. The fraction of sp³-hybridized carbons (Fsp3) is 0.857. The number of rotatable bonds is 5. The molecule has 2 N–H and O–H groups in total. The highest BCUT2D eigenvalue weighted by Gasteiger charge is 2.42. The Morgan fingerprint density at radius 2 is 1.81 bits per heavy atom. The van der Waals surface area contributed by atoms with Crippen LogP contribution in [-0.4, -0.2) is 29.2 Å². The third-order valence-corrected chi connectivity index (χ3v) is 3.77. The van der Waals surface area contributed by atoms with Gasteiger partial charge in [0.1, 0.15) is 0 Å². The Kier molecular flexibility index (Phi) is 5.64. The molecule has 1 saturated carbocycles. The fourth-order valence-electron chi connectivity index (χ4n) is 2.80. The Balaban J connectivity index is 2.49. The zero-order valence-electron chi connectivity index (χ0n) is 12.3. The lowest BCUT2D eigenvalue weighted by Crippen LogP contribution is -2.42. The topological polar surface area (TPSA) is 66.4 Å². The number of halogens is 3. The number of nitrogens with one attached hydrogen (secondary N) is 1. The van der Waals surface area contributed by atoms with Gasteiger partial charge in [0.15, 0.2) is 0 Å². The van der Waals surface area contributed by atoms with Crippen LogP contribution in [0.4, 0.5) is 13.2 Å². The molecule has 0 radical (unpaired) electrons. The molecule has 1 aliphatic carbocycles. The highest BCUT2D eigenvalue weighted by atomic mass is 19.4. The summed E-state index contributed by atoms with van der Waals surface area (Å²) in [7, 11) is 0. The van der Waals surface area contributed by atoms with Gasteiger partial charge >= 0.3 is 12.1 Å². The molecule has 1 amide bonds. The van der Waals surface area contributed by atoms with Gasteiger partial charge < -0.3 is 10.4 Å². The first kappa shape index (κ1) is 17.8. The molecule has 0 aliphatic heterocycles. The molecule has 1 fully saturated rings. The zero-order valence-corrected chi connectivity index (χ0v) is 12.3. The molecule has 2 atom stereocenters. The molecule has 7 heteroatoms. The van der Waals surface area contributed by atoms with Crippen molar-refractivity contribution >= 4 is 11.9 Å². The number of amides is 1. The molecule has 0 bridgehead atoms. The number of hydrogen-bond acceptors (Lipinski definition) is 2. The quantitative estimate of drug-likeness (QED) is 0.820. The Morgan fingerprint density at radius 1 is 1.19 bits per heavy atom. The van der Waals surface area contributed by atoms with Gasteiger partial charge in [0.05, 0.1) is 12.3 Å². The maximum Gasteiger partial charge on any atom is 0.391 e. The Bertz CT molecular complexity index is 393. The van der Waals surface area contributed by atoms with Crippen molar-refractivity contribution in [2.75, 3.05) is 0 Å². The number of carboxylic acids is 1. The van der Waals surface area contributed by atoms with Crippen LogP contribution >= 0.6 is 0 Å². The van der Waals surface area contributed by atoms with Crippen molar-refractivity contribution in [2.24, 2.45) is 11.3 Å². The van der Waals surface area contributed by atoms with Crippen molar-refractivity contribution in [1.82, 2.24) is 5.32 Å². The first-order valence-corrected chi connectivity index (χ1v) is 7.07. The van der Waals surface area contributed by atoms with Crippen molar-refractivity contribution < 1.29 is 27.9 Å². The van der Waals surface area contributed by atoms with E-state index in [4.69, 9.17) is 5.11 Å². The second-order valence-electron chi connectivity index (χ2n) is 6.58. The molecule has 2 unspecified atom stereocenters. The van der Waals surface area contributed by atoms with Gasteiger partial charge in [-0.05, 0) is 24.7 Å². The largest absolute Gasteiger partial charge is 0.481 e. The lowest BCUT2D eigenvalue weighted by atomic mass is 9.83. The van der Waals surface area contributed by atoms with Crippen LogP contribution in [0.15, 0.2) is 0 Å². The van der Waals surface area contributed by atoms with Gasteiger partial charge in [-0.1, -0.05) is 20.3 Å². The summed E-state index contributed by atoms with van der Waals surface area (Å²) in [6.45, 7) is 3.31. The molecule has 0 saturated heterocycles. The van der Waals surface area contributed by atoms with Crippen molar-refractivity contribution in [3.8, 4) is 0 Å². The summed E-state index contributed by atoms with van der Waals surface area (Å²) in [5.41, 5.74) is -0.714. The van der Waals surface area contributed by atoms with Crippen molar-refractivity contribution in [2.45, 2.75) is 64.6 Å². The third kappa shape index (κ3) is 6.35. The van der Waals surface area contributed by atoms with Crippen molar-refractivity contribution in [1.29, 1.82) is 0 Å². The van der Waals surface area contributed by atoms with Crippen LogP contribution in [0.1, 0.15) is 52.4 Å². The maximum atomic E-state index is 12.7. The molecule has 1 rings (SSSR count). The van der Waals surface area contributed by atoms with Gasteiger partial charge in [0, 0.05) is 12.5 Å². The van der Waals surface area contributed by atoms with Gasteiger partial charge in [-0.3, -0.25) is 9.59 Å². The van der Waals surface area contributed by atoms with E-state index in [2.05, 4.69) is 5.32 Å². The average Bonchev–Trinajstić information content (AvgIpc) is 2.24. The first-order valence-electron chi connectivity index (χ1n) is 7.07. The van der Waals surface area contributed by atoms with E-state index in [1.807, 2.05) is 0 Å². The summed E-state index contributed by atoms with van der Waals surface area (Å²) in [4.78, 5) is 22.6. The Hall–Kier alpha value is -1.27. The van der Waals surface area contributed by atoms with E-state index < -0.39 is 29.5 Å². The predicted molar refractivity (Wildman–Crippen MR) is 70.6 cm³/mol. The molecule has 1 aliphatic rings. The van der Waals surface area contributed by atoms with E-state index in [9.17, 15) is 22.8 Å². The van der Waals surface area contributed by atoms with Gasteiger partial charge in [-0.2, -0.15) is 13.2 Å². The van der Waals surface area contributed by atoms with E-state index in [0.717, 1.165) is 0 Å². The summed E-state index contributed by atoms with van der Waals surface area (Å²) in [6, 6.07) is -0.474. The summed E-state index contributed by atoms with van der Waals surface area (Å²) >= 11 is 0. The molecule has 0 aromatic carbocycles. The smallest absolute Gasteiger partial charge is 0.391 e. The van der Waals surface area contributed by atoms with Crippen LogP contribution in [0.25, 0.3) is 0 Å². The highest BCUT2D eigenvalue weighted by molar-refractivity contribution is 5.78. The minimum absolute atomic E-state index is 0.00746. The van der Waals surface area contributed by atoms with Crippen LogP contribution in [0, 0.1) is 11.3 Å². The minimum atomic E-state index is -4.22. The summed E-state index contributed by atoms with van der Waals surface area (Å²) in [5, 5.41) is 11.4. The first-order chi connectivity index (χ1) is 9.49. The highest BCUT2D eigenvalue weighted by Crippen LogP contribution is 2.37. The number of carbonyl (C=O) groups excluding carboxylic acids is 1. The molecule has 122 valence electrons. The lowest BCUT2D eigenvalue weighted by Gasteiger charge is -2.32. The number of carboxylic acid groups (broad SMARTS) is 1. The molecule has 0 aromatic heterocycles. The fourth-order valence-corrected chi connectivity index (χ4v) is 2.80. The number of alkyl halides is 3. The maximum absolute atomic E-state index is 12.7. The monoisotopic (exact) mass is 309 g/mol. The number of carbonyl (C=O) groups is 2. The third-order valence-electron chi connectivity index (χ3n) is 3.77. The molecular weight excluding hydrogens is 287 g/mol. The molecule has 4 nitrogen and oxygen atoms in total. The van der Waals surface area contributed by atoms with Gasteiger partial charge in [0.2, 0.25) is 5.91 Å². The van der Waals surface area contributed by atoms with E-state index in [1.54, 1.807) is 13.8 Å². The molecule has 21 heavy (non-hydrogen) atoms. The molecule has 0 heterocycles. The molecule has 0 spiro atoms. The van der Waals surface area contributed by atoms with Crippen LogP contribution < -0.4 is 5.32 Å². The minimum Gasteiger partial charge on any atom is -0.481 e. The Morgan fingerprint density at radius 3 is 2.33 bits per heavy atom. The summed E-state index contributed by atoms with van der Waals surface area (Å²) < 4.78 is 38.1. The second-order valence-corrected chi connectivity index (χ2v) is 6.58. The van der Waals surface area contributed by atoms with Crippen LogP contribution in [-0.2, 0) is 9.59 Å². The van der Waals surface area contributed by atoms with Crippen molar-refractivity contribution in [3.05, 3.63) is 0 Å².